The summed E-state index contributed by atoms with van der Waals surface area (Å²) >= 11 is 6.82. The number of hydrogen-bond donors (Lipinski definition) is 1. The van der Waals surface area contributed by atoms with E-state index in [0.29, 0.717) is 15.5 Å². The fraction of sp³-hybridized carbons (Fsp3) is 0.286. The van der Waals surface area contributed by atoms with Crippen LogP contribution in [0.15, 0.2) is 12.1 Å². The molecule has 1 rings (SSSR count). The van der Waals surface area contributed by atoms with Crippen LogP contribution in [0.3, 0.4) is 0 Å². The third-order valence-corrected chi connectivity index (χ3v) is 2.76. The summed E-state index contributed by atoms with van der Waals surface area (Å²) in [7, 11) is 0. The molecule has 1 N–H and O–H groups in total. The van der Waals surface area contributed by atoms with Crippen LogP contribution in [0.1, 0.15) is 11.8 Å². The Kier molecular flexibility index (Phi) is 2.32. The van der Waals surface area contributed by atoms with Crippen molar-refractivity contribution in [3.8, 4) is 0 Å². The van der Waals surface area contributed by atoms with E-state index in [1.807, 2.05) is 0 Å². The van der Waals surface area contributed by atoms with Crippen molar-refractivity contribution in [2.24, 2.45) is 0 Å². The van der Waals surface area contributed by atoms with Crippen molar-refractivity contribution in [1.82, 2.24) is 0 Å². The molecule has 0 aliphatic heterocycles. The highest BCUT2D eigenvalue weighted by Crippen LogP contribution is 2.29. The van der Waals surface area contributed by atoms with Gasteiger partial charge in [0.25, 0.3) is 0 Å². The number of hydrogen-bond acceptors (Lipinski definition) is 3. The molecule has 0 saturated heterocycles. The van der Waals surface area contributed by atoms with Crippen molar-refractivity contribution in [1.29, 1.82) is 0 Å². The van der Waals surface area contributed by atoms with Crippen molar-refractivity contribution in [2.45, 2.75) is 12.5 Å². The van der Waals surface area contributed by atoms with Crippen LogP contribution in [0.4, 0.5) is 0 Å². The minimum absolute atomic E-state index is 0.495. The summed E-state index contributed by atoms with van der Waals surface area (Å²) in [5.41, 5.74) is -1.39. The van der Waals surface area contributed by atoms with E-state index >= 15 is 0 Å². The van der Waals surface area contributed by atoms with E-state index < -0.39 is 5.60 Å². The third-order valence-electron chi connectivity index (χ3n) is 1.30. The van der Waals surface area contributed by atoms with Gasteiger partial charge in [-0.05, 0) is 19.1 Å². The molecular formula is C7H7ClO2S. The minimum atomic E-state index is -1.39. The standard InChI is InChI=1S/C7H7ClO2S/c1-7(10,4-9)5-2-3-6(8)11-5/h2-4,10H,1H3. The first-order valence-corrected chi connectivity index (χ1v) is 4.20. The maximum atomic E-state index is 10.3. The van der Waals surface area contributed by atoms with Gasteiger partial charge in [0, 0.05) is 4.88 Å². The van der Waals surface area contributed by atoms with Crippen LogP contribution in [0.5, 0.6) is 0 Å². The van der Waals surface area contributed by atoms with Crippen molar-refractivity contribution in [3.63, 3.8) is 0 Å². The monoisotopic (exact) mass is 190 g/mol. The van der Waals surface area contributed by atoms with E-state index in [4.69, 9.17) is 11.6 Å². The Balaban J connectivity index is 3.01. The van der Waals surface area contributed by atoms with E-state index in [9.17, 15) is 9.90 Å². The van der Waals surface area contributed by atoms with Gasteiger partial charge in [0.05, 0.1) is 4.34 Å². The number of halogens is 1. The first-order valence-electron chi connectivity index (χ1n) is 3.01. The average molecular weight is 191 g/mol. The van der Waals surface area contributed by atoms with Crippen LogP contribution in [0, 0.1) is 0 Å². The van der Waals surface area contributed by atoms with Gasteiger partial charge < -0.3 is 5.11 Å². The summed E-state index contributed by atoms with van der Waals surface area (Å²) in [5, 5.41) is 9.39. The van der Waals surface area contributed by atoms with Gasteiger partial charge in [0.2, 0.25) is 0 Å². The zero-order valence-corrected chi connectivity index (χ0v) is 7.45. The SMILES string of the molecule is CC(O)(C=O)c1ccc(Cl)s1. The maximum absolute atomic E-state index is 10.3. The van der Waals surface area contributed by atoms with Gasteiger partial charge >= 0.3 is 0 Å². The number of thiophene rings is 1. The molecule has 0 aliphatic carbocycles. The first kappa shape index (κ1) is 8.71. The van der Waals surface area contributed by atoms with Crippen LogP contribution < -0.4 is 0 Å². The van der Waals surface area contributed by atoms with Gasteiger partial charge in [-0.15, -0.1) is 11.3 Å². The molecule has 1 atom stereocenters. The molecule has 1 aromatic heterocycles. The molecule has 2 nitrogen and oxygen atoms in total. The second-order valence-electron chi connectivity index (χ2n) is 2.37. The fourth-order valence-corrected chi connectivity index (χ4v) is 1.69. The number of carbonyl (C=O) groups excluding carboxylic acids is 1. The second-order valence-corrected chi connectivity index (χ2v) is 4.08. The Hall–Kier alpha value is -0.380. The molecule has 0 radical (unpaired) electrons. The topological polar surface area (TPSA) is 37.3 Å². The smallest absolute Gasteiger partial charge is 0.156 e. The van der Waals surface area contributed by atoms with E-state index in [-0.39, 0.29) is 0 Å². The maximum Gasteiger partial charge on any atom is 0.156 e. The van der Waals surface area contributed by atoms with Crippen LogP contribution in [0.2, 0.25) is 4.34 Å². The lowest BCUT2D eigenvalue weighted by molar-refractivity contribution is -0.122. The fourth-order valence-electron chi connectivity index (χ4n) is 0.644. The Morgan fingerprint density at radius 3 is 2.73 bits per heavy atom. The average Bonchev–Trinajstić information content (AvgIpc) is 2.36. The van der Waals surface area contributed by atoms with Gasteiger partial charge in [-0.3, -0.25) is 4.79 Å². The molecule has 0 fully saturated rings. The van der Waals surface area contributed by atoms with Crippen molar-refractivity contribution in [2.75, 3.05) is 0 Å². The largest absolute Gasteiger partial charge is 0.377 e. The third kappa shape index (κ3) is 1.80. The van der Waals surface area contributed by atoms with E-state index in [1.165, 1.54) is 18.3 Å². The molecule has 0 aromatic carbocycles. The summed E-state index contributed by atoms with van der Waals surface area (Å²) < 4.78 is 0.571. The van der Waals surface area contributed by atoms with E-state index in [1.54, 1.807) is 12.1 Å². The molecule has 0 amide bonds. The summed E-state index contributed by atoms with van der Waals surface area (Å²) in [5.74, 6) is 0. The molecule has 60 valence electrons. The minimum Gasteiger partial charge on any atom is -0.377 e. The number of aldehydes is 1. The zero-order valence-electron chi connectivity index (χ0n) is 5.87. The molecule has 1 unspecified atom stereocenters. The lowest BCUT2D eigenvalue weighted by atomic mass is 10.1. The van der Waals surface area contributed by atoms with Gasteiger partial charge in [0.1, 0.15) is 0 Å². The van der Waals surface area contributed by atoms with Crippen LogP contribution in [0.25, 0.3) is 0 Å². The molecule has 0 bridgehead atoms. The number of rotatable bonds is 2. The Morgan fingerprint density at radius 1 is 1.73 bits per heavy atom. The lowest BCUT2D eigenvalue weighted by Gasteiger charge is -2.11. The van der Waals surface area contributed by atoms with Crippen LogP contribution >= 0.6 is 22.9 Å². The molecule has 11 heavy (non-hydrogen) atoms. The Labute approximate surface area is 73.4 Å². The Bertz CT molecular complexity index is 267. The molecule has 0 aliphatic rings. The van der Waals surface area contributed by atoms with Gasteiger partial charge in [-0.25, -0.2) is 0 Å². The number of carbonyl (C=O) groups is 1. The first-order chi connectivity index (χ1) is 5.06. The second kappa shape index (κ2) is 2.93. The summed E-state index contributed by atoms with van der Waals surface area (Å²) in [4.78, 5) is 10.9. The molecule has 0 spiro atoms. The van der Waals surface area contributed by atoms with E-state index in [0.717, 1.165) is 0 Å². The highest BCUT2D eigenvalue weighted by Gasteiger charge is 2.23. The normalized spacial score (nSPS) is 15.9. The predicted molar refractivity (Wildman–Crippen MR) is 45.0 cm³/mol. The van der Waals surface area contributed by atoms with Crippen LogP contribution in [-0.2, 0) is 10.4 Å². The molecular weight excluding hydrogens is 184 g/mol. The zero-order chi connectivity index (χ0) is 8.48. The molecule has 1 heterocycles. The predicted octanol–water partition coefficient (Wildman–Crippen LogP) is 1.81. The van der Waals surface area contributed by atoms with Gasteiger partial charge in [0.15, 0.2) is 11.9 Å². The molecule has 1 aromatic rings. The van der Waals surface area contributed by atoms with Crippen molar-refractivity contribution < 1.29 is 9.90 Å². The summed E-state index contributed by atoms with van der Waals surface area (Å²) in [6, 6.07) is 3.29. The van der Waals surface area contributed by atoms with E-state index in [2.05, 4.69) is 0 Å². The summed E-state index contributed by atoms with van der Waals surface area (Å²) in [6.07, 6.45) is 0.495. The lowest BCUT2D eigenvalue weighted by Crippen LogP contribution is -2.20. The van der Waals surface area contributed by atoms with Gasteiger partial charge in [-0.2, -0.15) is 0 Å². The molecule has 4 heteroatoms. The van der Waals surface area contributed by atoms with Crippen molar-refractivity contribution >= 4 is 29.2 Å². The van der Waals surface area contributed by atoms with Crippen molar-refractivity contribution in [3.05, 3.63) is 21.3 Å². The highest BCUT2D eigenvalue weighted by molar-refractivity contribution is 7.16. The highest BCUT2D eigenvalue weighted by atomic mass is 35.5. The quantitative estimate of drug-likeness (QED) is 0.723. The molecule has 0 saturated carbocycles. The Morgan fingerprint density at radius 2 is 2.36 bits per heavy atom. The van der Waals surface area contributed by atoms with Gasteiger partial charge in [-0.1, -0.05) is 11.6 Å². The summed E-state index contributed by atoms with van der Waals surface area (Å²) in [6.45, 7) is 1.43. The van der Waals surface area contributed by atoms with Crippen LogP contribution in [-0.4, -0.2) is 11.4 Å². The number of aliphatic hydroxyl groups is 1.